The zero-order valence-corrected chi connectivity index (χ0v) is 12.0. The molecule has 0 aliphatic carbocycles. The van der Waals surface area contributed by atoms with Gasteiger partial charge in [0, 0.05) is 38.2 Å². The van der Waals surface area contributed by atoms with Crippen LogP contribution >= 0.6 is 0 Å². The summed E-state index contributed by atoms with van der Waals surface area (Å²) in [5.74, 6) is 0.486. The summed E-state index contributed by atoms with van der Waals surface area (Å²) in [6.45, 7) is 5.31. The van der Waals surface area contributed by atoms with E-state index >= 15 is 0 Å². The molecule has 0 spiro atoms. The van der Waals surface area contributed by atoms with Gasteiger partial charge in [0.25, 0.3) is 5.91 Å². The van der Waals surface area contributed by atoms with E-state index in [0.717, 1.165) is 0 Å². The van der Waals surface area contributed by atoms with Crippen LogP contribution in [0.25, 0.3) is 0 Å². The average Bonchev–Trinajstić information content (AvgIpc) is 2.52. The van der Waals surface area contributed by atoms with Gasteiger partial charge in [0.15, 0.2) is 0 Å². The van der Waals surface area contributed by atoms with Crippen LogP contribution in [0.5, 0.6) is 5.75 Å². The number of amides is 1. The Morgan fingerprint density at radius 2 is 2.05 bits per heavy atom. The maximum atomic E-state index is 12.0. The summed E-state index contributed by atoms with van der Waals surface area (Å²) in [5, 5.41) is 13.1. The van der Waals surface area contributed by atoms with E-state index in [1.165, 1.54) is 0 Å². The van der Waals surface area contributed by atoms with E-state index in [1.807, 2.05) is 0 Å². The van der Waals surface area contributed by atoms with E-state index in [-0.39, 0.29) is 12.5 Å². The van der Waals surface area contributed by atoms with Gasteiger partial charge in [-0.1, -0.05) is 12.7 Å². The normalized spacial score (nSPS) is 17.0. The van der Waals surface area contributed by atoms with Gasteiger partial charge in [0.1, 0.15) is 12.4 Å². The van der Waals surface area contributed by atoms with Crippen LogP contribution in [0.15, 0.2) is 36.9 Å². The molecule has 1 heterocycles. The van der Waals surface area contributed by atoms with Gasteiger partial charge < -0.3 is 19.9 Å². The molecular formula is C16H21NO4. The molecule has 0 atom stereocenters. The third-order valence-corrected chi connectivity index (χ3v) is 3.49. The Balaban J connectivity index is 1.86. The van der Waals surface area contributed by atoms with Gasteiger partial charge >= 0.3 is 0 Å². The van der Waals surface area contributed by atoms with Crippen LogP contribution in [0.1, 0.15) is 23.2 Å². The quantitative estimate of drug-likeness (QED) is 0.780. The Morgan fingerprint density at radius 1 is 1.38 bits per heavy atom. The Bertz CT molecular complexity index is 478. The van der Waals surface area contributed by atoms with Gasteiger partial charge in [-0.3, -0.25) is 4.79 Å². The van der Waals surface area contributed by atoms with Crippen LogP contribution in [-0.4, -0.2) is 43.0 Å². The van der Waals surface area contributed by atoms with Crippen LogP contribution in [0.3, 0.4) is 0 Å². The topological polar surface area (TPSA) is 67.8 Å². The molecule has 2 N–H and O–H groups in total. The van der Waals surface area contributed by atoms with E-state index < -0.39 is 5.60 Å². The van der Waals surface area contributed by atoms with E-state index in [0.29, 0.717) is 44.0 Å². The van der Waals surface area contributed by atoms with Gasteiger partial charge in [-0.25, -0.2) is 0 Å². The molecule has 0 radical (unpaired) electrons. The molecule has 1 saturated heterocycles. The fourth-order valence-electron chi connectivity index (χ4n) is 2.13. The predicted octanol–water partition coefficient (Wildman–Crippen LogP) is 1.52. The van der Waals surface area contributed by atoms with Crippen molar-refractivity contribution >= 4 is 5.91 Å². The summed E-state index contributed by atoms with van der Waals surface area (Å²) in [5.41, 5.74) is -0.322. The lowest BCUT2D eigenvalue weighted by molar-refractivity contribution is -0.0605. The number of hydrogen-bond donors (Lipinski definition) is 2. The van der Waals surface area contributed by atoms with Crippen molar-refractivity contribution in [1.29, 1.82) is 0 Å². The van der Waals surface area contributed by atoms with Gasteiger partial charge in [-0.05, 0) is 24.3 Å². The monoisotopic (exact) mass is 291 g/mol. The highest BCUT2D eigenvalue weighted by Crippen LogP contribution is 2.19. The van der Waals surface area contributed by atoms with Crippen LogP contribution in [0, 0.1) is 0 Å². The lowest BCUT2D eigenvalue weighted by atomic mass is 9.94. The van der Waals surface area contributed by atoms with Crippen LogP contribution in [-0.2, 0) is 4.74 Å². The Hall–Kier alpha value is -1.85. The minimum Gasteiger partial charge on any atom is -0.490 e. The smallest absolute Gasteiger partial charge is 0.251 e. The average molecular weight is 291 g/mol. The number of carbonyl (C=O) groups is 1. The minimum atomic E-state index is -0.860. The molecule has 0 aromatic heterocycles. The van der Waals surface area contributed by atoms with E-state index in [2.05, 4.69) is 11.9 Å². The summed E-state index contributed by atoms with van der Waals surface area (Å²) in [6, 6.07) is 6.87. The number of aliphatic hydroxyl groups is 1. The molecule has 114 valence electrons. The second-order valence-corrected chi connectivity index (χ2v) is 5.14. The SMILES string of the molecule is C=CCOc1ccc(C(=O)NCC2(O)CCOCC2)cc1. The van der Waals surface area contributed by atoms with E-state index in [1.54, 1.807) is 30.3 Å². The Labute approximate surface area is 124 Å². The van der Waals surface area contributed by atoms with Gasteiger partial charge in [-0.2, -0.15) is 0 Å². The lowest BCUT2D eigenvalue weighted by Gasteiger charge is -2.32. The number of nitrogens with one attached hydrogen (secondary N) is 1. The number of carbonyl (C=O) groups excluding carboxylic acids is 1. The maximum Gasteiger partial charge on any atom is 0.251 e. The van der Waals surface area contributed by atoms with Gasteiger partial charge in [0.2, 0.25) is 0 Å². The van der Waals surface area contributed by atoms with E-state index in [4.69, 9.17) is 9.47 Å². The van der Waals surface area contributed by atoms with Crippen molar-refractivity contribution in [2.75, 3.05) is 26.4 Å². The van der Waals surface area contributed by atoms with Crippen molar-refractivity contribution in [3.63, 3.8) is 0 Å². The second kappa shape index (κ2) is 7.24. The molecule has 5 nitrogen and oxygen atoms in total. The molecule has 0 bridgehead atoms. The highest BCUT2D eigenvalue weighted by molar-refractivity contribution is 5.94. The first-order valence-corrected chi connectivity index (χ1v) is 7.05. The molecule has 1 aromatic carbocycles. The molecule has 1 fully saturated rings. The van der Waals surface area contributed by atoms with Crippen molar-refractivity contribution in [2.24, 2.45) is 0 Å². The lowest BCUT2D eigenvalue weighted by Crippen LogP contribution is -2.46. The summed E-state index contributed by atoms with van der Waals surface area (Å²) < 4.78 is 10.6. The molecule has 2 rings (SSSR count). The van der Waals surface area contributed by atoms with Crippen molar-refractivity contribution in [2.45, 2.75) is 18.4 Å². The molecule has 5 heteroatoms. The molecule has 0 saturated carbocycles. The molecule has 21 heavy (non-hydrogen) atoms. The van der Waals surface area contributed by atoms with Crippen molar-refractivity contribution in [3.8, 4) is 5.75 Å². The molecule has 1 aliphatic rings. The third kappa shape index (κ3) is 4.58. The summed E-state index contributed by atoms with van der Waals surface area (Å²) >= 11 is 0. The molecule has 1 aliphatic heterocycles. The largest absolute Gasteiger partial charge is 0.490 e. The Morgan fingerprint density at radius 3 is 2.67 bits per heavy atom. The van der Waals surface area contributed by atoms with Crippen LogP contribution in [0.4, 0.5) is 0 Å². The van der Waals surface area contributed by atoms with Gasteiger partial charge in [-0.15, -0.1) is 0 Å². The first-order valence-electron chi connectivity index (χ1n) is 7.05. The van der Waals surface area contributed by atoms with Gasteiger partial charge in [0.05, 0.1) is 5.60 Å². The zero-order valence-electron chi connectivity index (χ0n) is 12.0. The fraction of sp³-hybridized carbons (Fsp3) is 0.438. The highest BCUT2D eigenvalue weighted by atomic mass is 16.5. The summed E-state index contributed by atoms with van der Waals surface area (Å²) in [6.07, 6.45) is 2.75. The molecular weight excluding hydrogens is 270 g/mol. The maximum absolute atomic E-state index is 12.0. The standard InChI is InChI=1S/C16H21NO4/c1-2-9-21-14-5-3-13(4-6-14)15(18)17-12-16(19)7-10-20-11-8-16/h2-6,19H,1,7-12H2,(H,17,18). The first-order chi connectivity index (χ1) is 10.1. The summed E-state index contributed by atoms with van der Waals surface area (Å²) in [7, 11) is 0. The van der Waals surface area contributed by atoms with Crippen molar-refractivity contribution < 1.29 is 19.4 Å². The predicted molar refractivity (Wildman–Crippen MR) is 79.5 cm³/mol. The Kier molecular flexibility index (Phi) is 5.36. The van der Waals surface area contributed by atoms with Crippen molar-refractivity contribution in [3.05, 3.63) is 42.5 Å². The molecule has 1 amide bonds. The second-order valence-electron chi connectivity index (χ2n) is 5.14. The van der Waals surface area contributed by atoms with Crippen LogP contribution in [0.2, 0.25) is 0 Å². The third-order valence-electron chi connectivity index (χ3n) is 3.49. The van der Waals surface area contributed by atoms with E-state index in [9.17, 15) is 9.90 Å². The number of benzene rings is 1. The molecule has 0 unspecified atom stereocenters. The highest BCUT2D eigenvalue weighted by Gasteiger charge is 2.30. The van der Waals surface area contributed by atoms with Crippen molar-refractivity contribution in [1.82, 2.24) is 5.32 Å². The number of rotatable bonds is 6. The van der Waals surface area contributed by atoms with Crippen LogP contribution < -0.4 is 10.1 Å². The summed E-state index contributed by atoms with van der Waals surface area (Å²) in [4.78, 5) is 12.0. The first kappa shape index (κ1) is 15.5. The number of ether oxygens (including phenoxy) is 2. The number of hydrogen-bond acceptors (Lipinski definition) is 4. The minimum absolute atomic E-state index is 0.204. The molecule has 1 aromatic rings. The fourth-order valence-corrected chi connectivity index (χ4v) is 2.13. The zero-order chi connectivity index (χ0) is 15.1.